The van der Waals surface area contributed by atoms with Crippen LogP contribution in [0.5, 0.6) is 0 Å². The SMILES string of the molecule is CN(C)c1cc(C(=O)Nc2ccc(C#N)cn2)cc(Cl)n1. The summed E-state index contributed by atoms with van der Waals surface area (Å²) in [6.45, 7) is 0. The van der Waals surface area contributed by atoms with Crippen LogP contribution in [-0.4, -0.2) is 30.0 Å². The Morgan fingerprint density at radius 3 is 2.71 bits per heavy atom. The third kappa shape index (κ3) is 3.68. The molecule has 106 valence electrons. The summed E-state index contributed by atoms with van der Waals surface area (Å²) in [6, 6.07) is 8.21. The van der Waals surface area contributed by atoms with Crippen LogP contribution >= 0.6 is 11.6 Å². The van der Waals surface area contributed by atoms with Crippen molar-refractivity contribution in [1.29, 1.82) is 5.26 Å². The zero-order chi connectivity index (χ0) is 15.4. The lowest BCUT2D eigenvalue weighted by molar-refractivity contribution is 0.102. The first-order valence-electron chi connectivity index (χ1n) is 6.02. The van der Waals surface area contributed by atoms with Crippen LogP contribution in [0.25, 0.3) is 0 Å². The predicted molar refractivity (Wildman–Crippen MR) is 80.5 cm³/mol. The summed E-state index contributed by atoms with van der Waals surface area (Å²) in [6.07, 6.45) is 1.39. The second-order valence-electron chi connectivity index (χ2n) is 4.43. The lowest BCUT2D eigenvalue weighted by Crippen LogP contribution is -2.16. The summed E-state index contributed by atoms with van der Waals surface area (Å²) in [4.78, 5) is 22.0. The lowest BCUT2D eigenvalue weighted by Gasteiger charge is -2.13. The molecule has 2 rings (SSSR count). The van der Waals surface area contributed by atoms with Crippen molar-refractivity contribution in [2.75, 3.05) is 24.3 Å². The summed E-state index contributed by atoms with van der Waals surface area (Å²) in [5.41, 5.74) is 0.805. The van der Waals surface area contributed by atoms with Gasteiger partial charge in [0.05, 0.1) is 5.56 Å². The van der Waals surface area contributed by atoms with Crippen molar-refractivity contribution in [2.45, 2.75) is 0 Å². The molecule has 0 aromatic carbocycles. The van der Waals surface area contributed by atoms with Gasteiger partial charge >= 0.3 is 0 Å². The van der Waals surface area contributed by atoms with Crippen molar-refractivity contribution in [1.82, 2.24) is 9.97 Å². The first kappa shape index (κ1) is 14.8. The lowest BCUT2D eigenvalue weighted by atomic mass is 10.2. The molecule has 1 amide bonds. The van der Waals surface area contributed by atoms with Crippen LogP contribution in [0, 0.1) is 11.3 Å². The Bertz CT molecular complexity index is 706. The van der Waals surface area contributed by atoms with Crippen molar-refractivity contribution < 1.29 is 4.79 Å². The van der Waals surface area contributed by atoms with Gasteiger partial charge in [0.25, 0.3) is 5.91 Å². The predicted octanol–water partition coefficient (Wildman–Crippen LogP) is 2.32. The van der Waals surface area contributed by atoms with Gasteiger partial charge in [0.1, 0.15) is 22.9 Å². The Balaban J connectivity index is 2.21. The molecular weight excluding hydrogens is 290 g/mol. The van der Waals surface area contributed by atoms with E-state index < -0.39 is 0 Å². The number of halogens is 1. The topological polar surface area (TPSA) is 81.9 Å². The number of hydrogen-bond donors (Lipinski definition) is 1. The van der Waals surface area contributed by atoms with E-state index in [1.54, 1.807) is 23.1 Å². The van der Waals surface area contributed by atoms with E-state index >= 15 is 0 Å². The van der Waals surface area contributed by atoms with Crippen LogP contribution < -0.4 is 10.2 Å². The molecule has 21 heavy (non-hydrogen) atoms. The van der Waals surface area contributed by atoms with E-state index in [-0.39, 0.29) is 11.1 Å². The zero-order valence-corrected chi connectivity index (χ0v) is 12.2. The quantitative estimate of drug-likeness (QED) is 0.880. The number of pyridine rings is 2. The van der Waals surface area contributed by atoms with E-state index in [1.807, 2.05) is 20.2 Å². The molecule has 0 bridgehead atoms. The largest absolute Gasteiger partial charge is 0.363 e. The van der Waals surface area contributed by atoms with Gasteiger partial charge in [-0.05, 0) is 24.3 Å². The number of carbonyl (C=O) groups excluding carboxylic acids is 1. The van der Waals surface area contributed by atoms with Gasteiger partial charge < -0.3 is 10.2 Å². The zero-order valence-electron chi connectivity index (χ0n) is 11.5. The average molecular weight is 302 g/mol. The molecule has 0 aliphatic heterocycles. The second-order valence-corrected chi connectivity index (χ2v) is 4.82. The Morgan fingerprint density at radius 2 is 2.14 bits per heavy atom. The molecule has 0 saturated carbocycles. The van der Waals surface area contributed by atoms with Gasteiger partial charge in [0.15, 0.2) is 0 Å². The molecule has 0 aliphatic carbocycles. The number of aromatic nitrogens is 2. The number of carbonyl (C=O) groups is 1. The van der Waals surface area contributed by atoms with Crippen LogP contribution in [-0.2, 0) is 0 Å². The second kappa shape index (κ2) is 6.20. The highest BCUT2D eigenvalue weighted by Crippen LogP contribution is 2.17. The first-order valence-corrected chi connectivity index (χ1v) is 6.40. The fourth-order valence-electron chi connectivity index (χ4n) is 1.57. The van der Waals surface area contributed by atoms with Crippen molar-refractivity contribution in [3.05, 3.63) is 46.7 Å². The maximum absolute atomic E-state index is 12.2. The highest BCUT2D eigenvalue weighted by atomic mass is 35.5. The summed E-state index contributed by atoms with van der Waals surface area (Å²) >= 11 is 5.91. The smallest absolute Gasteiger partial charge is 0.257 e. The number of nitriles is 1. The number of rotatable bonds is 3. The average Bonchev–Trinajstić information content (AvgIpc) is 2.47. The maximum atomic E-state index is 12.2. The molecule has 0 radical (unpaired) electrons. The third-order valence-electron chi connectivity index (χ3n) is 2.64. The third-order valence-corrected chi connectivity index (χ3v) is 2.83. The van der Waals surface area contributed by atoms with Gasteiger partial charge in [-0.3, -0.25) is 4.79 Å². The van der Waals surface area contributed by atoms with E-state index in [1.165, 1.54) is 12.3 Å². The van der Waals surface area contributed by atoms with E-state index in [4.69, 9.17) is 16.9 Å². The van der Waals surface area contributed by atoms with E-state index in [2.05, 4.69) is 15.3 Å². The molecule has 2 heterocycles. The Labute approximate surface area is 127 Å². The van der Waals surface area contributed by atoms with Crippen LogP contribution in [0.2, 0.25) is 5.15 Å². The highest BCUT2D eigenvalue weighted by Gasteiger charge is 2.11. The van der Waals surface area contributed by atoms with E-state index in [0.29, 0.717) is 22.8 Å². The molecule has 0 saturated heterocycles. The number of nitrogens with one attached hydrogen (secondary N) is 1. The summed E-state index contributed by atoms with van der Waals surface area (Å²) in [7, 11) is 3.62. The normalized spacial score (nSPS) is 9.81. The van der Waals surface area contributed by atoms with Gasteiger partial charge in [-0.15, -0.1) is 0 Å². The number of anilines is 2. The molecule has 0 aliphatic rings. The van der Waals surface area contributed by atoms with Gasteiger partial charge in [0, 0.05) is 25.9 Å². The molecule has 0 unspecified atom stereocenters. The summed E-state index contributed by atoms with van der Waals surface area (Å²) in [5, 5.41) is 11.6. The van der Waals surface area contributed by atoms with Crippen molar-refractivity contribution >= 4 is 29.1 Å². The standard InChI is InChI=1S/C14H12ClN5O/c1-20(2)13-6-10(5-11(15)18-13)14(21)19-12-4-3-9(7-16)8-17-12/h3-6,8H,1-2H3,(H,17,19,21). The van der Waals surface area contributed by atoms with Gasteiger partial charge in [0.2, 0.25) is 0 Å². The van der Waals surface area contributed by atoms with E-state index in [0.717, 1.165) is 0 Å². The molecule has 6 nitrogen and oxygen atoms in total. The highest BCUT2D eigenvalue weighted by molar-refractivity contribution is 6.30. The number of hydrogen-bond acceptors (Lipinski definition) is 5. The monoisotopic (exact) mass is 301 g/mol. The van der Waals surface area contributed by atoms with Gasteiger partial charge in [-0.25, -0.2) is 9.97 Å². The maximum Gasteiger partial charge on any atom is 0.257 e. The molecule has 1 N–H and O–H groups in total. The molecule has 7 heteroatoms. The fraction of sp³-hybridized carbons (Fsp3) is 0.143. The minimum Gasteiger partial charge on any atom is -0.363 e. The van der Waals surface area contributed by atoms with Crippen LogP contribution in [0.3, 0.4) is 0 Å². The van der Waals surface area contributed by atoms with E-state index in [9.17, 15) is 4.79 Å². The Morgan fingerprint density at radius 1 is 1.38 bits per heavy atom. The van der Waals surface area contributed by atoms with Crippen molar-refractivity contribution in [2.24, 2.45) is 0 Å². The molecule has 0 fully saturated rings. The molecule has 0 spiro atoms. The minimum absolute atomic E-state index is 0.235. The van der Waals surface area contributed by atoms with Crippen LogP contribution in [0.4, 0.5) is 11.6 Å². The molecular formula is C14H12ClN5O. The summed E-state index contributed by atoms with van der Waals surface area (Å²) < 4.78 is 0. The summed E-state index contributed by atoms with van der Waals surface area (Å²) in [5.74, 6) is 0.596. The molecule has 2 aromatic heterocycles. The number of nitrogens with zero attached hydrogens (tertiary/aromatic N) is 4. The minimum atomic E-state index is -0.348. The van der Waals surface area contributed by atoms with Gasteiger partial charge in [-0.1, -0.05) is 11.6 Å². The molecule has 2 aromatic rings. The molecule has 0 atom stereocenters. The number of amides is 1. The fourth-order valence-corrected chi connectivity index (χ4v) is 1.77. The first-order chi connectivity index (χ1) is 9.99. The Kier molecular flexibility index (Phi) is 4.36. The van der Waals surface area contributed by atoms with Crippen molar-refractivity contribution in [3.8, 4) is 6.07 Å². The van der Waals surface area contributed by atoms with Crippen molar-refractivity contribution in [3.63, 3.8) is 0 Å². The Hall–Kier alpha value is -2.65. The van der Waals surface area contributed by atoms with Crippen LogP contribution in [0.15, 0.2) is 30.5 Å². The van der Waals surface area contributed by atoms with Gasteiger partial charge in [-0.2, -0.15) is 5.26 Å². The van der Waals surface area contributed by atoms with Crippen LogP contribution in [0.1, 0.15) is 15.9 Å².